The van der Waals surface area contributed by atoms with Crippen LogP contribution >= 0.6 is 0 Å². The second-order valence-corrected chi connectivity index (χ2v) is 6.48. The van der Waals surface area contributed by atoms with Gasteiger partial charge in [-0.2, -0.15) is 0 Å². The molecule has 0 fully saturated rings. The third-order valence-electron chi connectivity index (χ3n) is 4.33. The number of carbonyl (C=O) groups excluding carboxylic acids is 3. The molecule has 2 aromatic rings. The molecular formula is C21H25N3O3. The fourth-order valence-corrected chi connectivity index (χ4v) is 2.53. The molecule has 0 aromatic heterocycles. The Morgan fingerprint density at radius 2 is 1.63 bits per heavy atom. The number of hydrogen-bond donors (Lipinski definition) is 2. The maximum atomic E-state index is 12.2. The van der Waals surface area contributed by atoms with Gasteiger partial charge in [-0.15, -0.1) is 0 Å². The Bertz CT molecular complexity index is 819. The number of rotatable bonds is 7. The number of likely N-dealkylation sites (N-methyl/N-ethyl adjacent to an activating group) is 1. The summed E-state index contributed by atoms with van der Waals surface area (Å²) in [5, 5.41) is 5.40. The van der Waals surface area contributed by atoms with Gasteiger partial charge in [0.25, 0.3) is 0 Å². The highest BCUT2D eigenvalue weighted by molar-refractivity contribution is 5.95. The Labute approximate surface area is 159 Å². The maximum absolute atomic E-state index is 12.2. The Balaban J connectivity index is 1.78. The van der Waals surface area contributed by atoms with Crippen molar-refractivity contribution in [3.8, 4) is 0 Å². The largest absolute Gasteiger partial charge is 0.347 e. The predicted octanol–water partition coefficient (Wildman–Crippen LogP) is 2.06. The SMILES string of the molecule is Cc1cccc(NC(=O)CN(C)C(=O)CNC(=O)Cc2ccccc2)c1C. The molecule has 6 nitrogen and oxygen atoms in total. The summed E-state index contributed by atoms with van der Waals surface area (Å²) >= 11 is 0. The van der Waals surface area contributed by atoms with Gasteiger partial charge in [0.2, 0.25) is 17.7 Å². The molecule has 0 bridgehead atoms. The number of anilines is 1. The minimum atomic E-state index is -0.326. The zero-order valence-electron chi connectivity index (χ0n) is 15.9. The molecule has 0 saturated carbocycles. The maximum Gasteiger partial charge on any atom is 0.243 e. The van der Waals surface area contributed by atoms with Gasteiger partial charge in [0.15, 0.2) is 0 Å². The highest BCUT2D eigenvalue weighted by Gasteiger charge is 2.15. The van der Waals surface area contributed by atoms with Crippen molar-refractivity contribution < 1.29 is 14.4 Å². The van der Waals surface area contributed by atoms with Crippen LogP contribution in [0, 0.1) is 13.8 Å². The summed E-state index contributed by atoms with van der Waals surface area (Å²) < 4.78 is 0. The summed E-state index contributed by atoms with van der Waals surface area (Å²) in [5.74, 6) is -0.842. The summed E-state index contributed by atoms with van der Waals surface area (Å²) in [7, 11) is 1.54. The van der Waals surface area contributed by atoms with Crippen LogP contribution in [0.3, 0.4) is 0 Å². The van der Waals surface area contributed by atoms with Crippen LogP contribution in [0.1, 0.15) is 16.7 Å². The molecule has 3 amide bonds. The van der Waals surface area contributed by atoms with Crippen LogP contribution in [-0.4, -0.2) is 42.8 Å². The van der Waals surface area contributed by atoms with Crippen molar-refractivity contribution in [2.24, 2.45) is 0 Å². The first kappa shape index (κ1) is 20.2. The van der Waals surface area contributed by atoms with Gasteiger partial charge in [-0.3, -0.25) is 14.4 Å². The highest BCUT2D eigenvalue weighted by Crippen LogP contribution is 2.17. The van der Waals surface area contributed by atoms with E-state index < -0.39 is 0 Å². The van der Waals surface area contributed by atoms with Gasteiger partial charge in [0, 0.05) is 12.7 Å². The van der Waals surface area contributed by atoms with E-state index in [-0.39, 0.29) is 37.2 Å². The first-order chi connectivity index (χ1) is 12.9. The van der Waals surface area contributed by atoms with Crippen molar-refractivity contribution in [2.75, 3.05) is 25.5 Å². The normalized spacial score (nSPS) is 10.2. The van der Waals surface area contributed by atoms with E-state index in [1.54, 1.807) is 0 Å². The zero-order valence-corrected chi connectivity index (χ0v) is 15.9. The summed E-state index contributed by atoms with van der Waals surface area (Å²) in [5.41, 5.74) is 3.69. The third kappa shape index (κ3) is 6.26. The van der Waals surface area contributed by atoms with Gasteiger partial charge >= 0.3 is 0 Å². The molecule has 2 aromatic carbocycles. The fraction of sp³-hybridized carbons (Fsp3) is 0.286. The minimum absolute atomic E-state index is 0.0826. The monoisotopic (exact) mass is 367 g/mol. The minimum Gasteiger partial charge on any atom is -0.347 e. The topological polar surface area (TPSA) is 78.5 Å². The lowest BCUT2D eigenvalue weighted by Gasteiger charge is -2.18. The second-order valence-electron chi connectivity index (χ2n) is 6.48. The number of hydrogen-bond acceptors (Lipinski definition) is 3. The number of aryl methyl sites for hydroxylation is 1. The first-order valence-electron chi connectivity index (χ1n) is 8.77. The smallest absolute Gasteiger partial charge is 0.243 e. The molecule has 0 radical (unpaired) electrons. The Morgan fingerprint density at radius 1 is 0.926 bits per heavy atom. The number of amides is 3. The van der Waals surface area contributed by atoms with E-state index in [0.717, 1.165) is 22.4 Å². The molecule has 0 saturated heterocycles. The molecule has 2 rings (SSSR count). The summed E-state index contributed by atoms with van der Waals surface area (Å²) in [4.78, 5) is 37.5. The van der Waals surface area contributed by atoms with Crippen LogP contribution in [0.2, 0.25) is 0 Å². The quantitative estimate of drug-likeness (QED) is 0.786. The zero-order chi connectivity index (χ0) is 19.8. The molecule has 0 aliphatic heterocycles. The summed E-state index contributed by atoms with van der Waals surface area (Å²) in [6, 6.07) is 15.0. The average Bonchev–Trinajstić information content (AvgIpc) is 2.64. The second kappa shape index (κ2) is 9.52. The van der Waals surface area contributed by atoms with E-state index in [1.165, 1.54) is 11.9 Å². The molecule has 0 aliphatic carbocycles. The summed E-state index contributed by atoms with van der Waals surface area (Å²) in [6.45, 7) is 3.68. The van der Waals surface area contributed by atoms with Crippen molar-refractivity contribution in [2.45, 2.75) is 20.3 Å². The van der Waals surface area contributed by atoms with Crippen LogP contribution in [0.15, 0.2) is 48.5 Å². The van der Waals surface area contributed by atoms with Crippen molar-refractivity contribution in [1.29, 1.82) is 0 Å². The van der Waals surface area contributed by atoms with Crippen molar-refractivity contribution in [3.63, 3.8) is 0 Å². The number of nitrogens with zero attached hydrogens (tertiary/aromatic N) is 1. The Hall–Kier alpha value is -3.15. The molecule has 2 N–H and O–H groups in total. The van der Waals surface area contributed by atoms with Gasteiger partial charge in [0.05, 0.1) is 19.5 Å². The number of benzene rings is 2. The molecular weight excluding hydrogens is 342 g/mol. The molecule has 0 unspecified atom stereocenters. The molecule has 0 aliphatic rings. The molecule has 6 heteroatoms. The Kier molecular flexibility index (Phi) is 7.11. The van der Waals surface area contributed by atoms with Gasteiger partial charge < -0.3 is 15.5 Å². The van der Waals surface area contributed by atoms with E-state index in [4.69, 9.17) is 0 Å². The van der Waals surface area contributed by atoms with Gasteiger partial charge in [0.1, 0.15) is 0 Å². The number of nitrogens with one attached hydrogen (secondary N) is 2. The molecule has 0 heterocycles. The molecule has 142 valence electrons. The van der Waals surface area contributed by atoms with Crippen LogP contribution in [0.4, 0.5) is 5.69 Å². The molecule has 0 atom stereocenters. The van der Waals surface area contributed by atoms with E-state index in [9.17, 15) is 14.4 Å². The Morgan fingerprint density at radius 3 is 2.33 bits per heavy atom. The predicted molar refractivity (Wildman–Crippen MR) is 105 cm³/mol. The standard InChI is InChI=1S/C21H25N3O3/c1-15-8-7-11-18(16(15)2)23-20(26)14-24(3)21(27)13-22-19(25)12-17-9-5-4-6-10-17/h4-11H,12-14H2,1-3H3,(H,22,25)(H,23,26). The van der Waals surface area contributed by atoms with E-state index >= 15 is 0 Å². The highest BCUT2D eigenvalue weighted by atomic mass is 16.2. The van der Waals surface area contributed by atoms with Crippen LogP contribution < -0.4 is 10.6 Å². The van der Waals surface area contributed by atoms with E-state index in [0.29, 0.717) is 0 Å². The lowest BCUT2D eigenvalue weighted by Crippen LogP contribution is -2.41. The summed E-state index contributed by atoms with van der Waals surface area (Å²) in [6.07, 6.45) is 0.213. The fourth-order valence-electron chi connectivity index (χ4n) is 2.53. The number of carbonyl (C=O) groups is 3. The average molecular weight is 367 g/mol. The van der Waals surface area contributed by atoms with Gasteiger partial charge in [-0.1, -0.05) is 42.5 Å². The lowest BCUT2D eigenvalue weighted by atomic mass is 10.1. The van der Waals surface area contributed by atoms with Gasteiger partial charge in [-0.05, 0) is 36.6 Å². The van der Waals surface area contributed by atoms with Crippen LogP contribution in [0.5, 0.6) is 0 Å². The van der Waals surface area contributed by atoms with Crippen molar-refractivity contribution >= 4 is 23.4 Å². The van der Waals surface area contributed by atoms with Crippen molar-refractivity contribution in [3.05, 3.63) is 65.2 Å². The third-order valence-corrected chi connectivity index (χ3v) is 4.33. The van der Waals surface area contributed by atoms with Crippen LogP contribution in [0.25, 0.3) is 0 Å². The first-order valence-corrected chi connectivity index (χ1v) is 8.77. The van der Waals surface area contributed by atoms with E-state index in [1.807, 2.05) is 62.4 Å². The van der Waals surface area contributed by atoms with Gasteiger partial charge in [-0.25, -0.2) is 0 Å². The van der Waals surface area contributed by atoms with E-state index in [2.05, 4.69) is 10.6 Å². The lowest BCUT2D eigenvalue weighted by molar-refractivity contribution is -0.134. The molecule has 0 spiro atoms. The van der Waals surface area contributed by atoms with Crippen LogP contribution in [-0.2, 0) is 20.8 Å². The molecule has 27 heavy (non-hydrogen) atoms. The van der Waals surface area contributed by atoms with Crippen molar-refractivity contribution in [1.82, 2.24) is 10.2 Å².